The molecule has 35 heavy (non-hydrogen) atoms. The Morgan fingerprint density at radius 3 is 2.49 bits per heavy atom. The summed E-state index contributed by atoms with van der Waals surface area (Å²) in [5.41, 5.74) is 5.06. The van der Waals surface area contributed by atoms with Crippen LogP contribution in [0.25, 0.3) is 6.08 Å². The van der Waals surface area contributed by atoms with E-state index in [4.69, 9.17) is 17.0 Å². The van der Waals surface area contributed by atoms with Crippen molar-refractivity contribution in [3.8, 4) is 5.75 Å². The van der Waals surface area contributed by atoms with E-state index in [1.807, 2.05) is 13.8 Å². The van der Waals surface area contributed by atoms with Crippen LogP contribution in [-0.2, 0) is 9.59 Å². The number of amides is 2. The number of anilines is 2. The molecular formula is C28H33N3O3S. The molecule has 0 aromatic heterocycles. The lowest BCUT2D eigenvalue weighted by molar-refractivity contribution is -0.122. The lowest BCUT2D eigenvalue weighted by Crippen LogP contribution is -2.54. The van der Waals surface area contributed by atoms with Gasteiger partial charge in [-0.25, -0.2) is 0 Å². The third-order valence-electron chi connectivity index (χ3n) is 6.90. The smallest absolute Gasteiger partial charge is 0.270 e. The highest BCUT2D eigenvalue weighted by molar-refractivity contribution is 7.80. The van der Waals surface area contributed by atoms with Crippen molar-refractivity contribution in [2.45, 2.75) is 59.4 Å². The van der Waals surface area contributed by atoms with Gasteiger partial charge in [0.05, 0.1) is 12.3 Å². The topological polar surface area (TPSA) is 61.9 Å². The van der Waals surface area contributed by atoms with E-state index >= 15 is 0 Å². The molecule has 4 rings (SSSR count). The lowest BCUT2D eigenvalue weighted by Gasteiger charge is -2.47. The number of benzene rings is 2. The number of thiocarbonyl (C=S) groups is 1. The Morgan fingerprint density at radius 1 is 1.17 bits per heavy atom. The van der Waals surface area contributed by atoms with Gasteiger partial charge in [0, 0.05) is 17.8 Å². The van der Waals surface area contributed by atoms with E-state index in [9.17, 15) is 9.59 Å². The summed E-state index contributed by atoms with van der Waals surface area (Å²) < 4.78 is 5.49. The van der Waals surface area contributed by atoms with Gasteiger partial charge in [0.2, 0.25) is 0 Å². The molecule has 2 heterocycles. The van der Waals surface area contributed by atoms with E-state index < -0.39 is 11.8 Å². The van der Waals surface area contributed by atoms with Crippen molar-refractivity contribution in [1.82, 2.24) is 5.32 Å². The van der Waals surface area contributed by atoms with Crippen LogP contribution in [0.3, 0.4) is 0 Å². The SMILES string of the molecule is CCOc1ccc(N2C(=O)/C(=C\c3cc4c(cc3C)N(CC)C(C)(C)CC4C)C(=O)NC2=S)cc1. The average molecular weight is 492 g/mol. The third kappa shape index (κ3) is 4.57. The van der Waals surface area contributed by atoms with Crippen LogP contribution in [0, 0.1) is 6.92 Å². The number of nitrogens with zero attached hydrogens (tertiary/aromatic N) is 2. The summed E-state index contributed by atoms with van der Waals surface area (Å²) >= 11 is 5.34. The summed E-state index contributed by atoms with van der Waals surface area (Å²) in [6.07, 6.45) is 2.73. The molecule has 1 atom stereocenters. The van der Waals surface area contributed by atoms with Crippen molar-refractivity contribution in [1.29, 1.82) is 0 Å². The minimum atomic E-state index is -0.483. The van der Waals surface area contributed by atoms with Crippen LogP contribution in [0.4, 0.5) is 11.4 Å². The predicted octanol–water partition coefficient (Wildman–Crippen LogP) is 5.34. The molecule has 1 saturated heterocycles. The number of carbonyl (C=O) groups excluding carboxylic acids is 2. The summed E-state index contributed by atoms with van der Waals surface area (Å²) in [6.45, 7) is 14.4. The molecular weight excluding hydrogens is 458 g/mol. The van der Waals surface area contributed by atoms with Crippen LogP contribution >= 0.6 is 12.2 Å². The predicted molar refractivity (Wildman–Crippen MR) is 145 cm³/mol. The molecule has 6 nitrogen and oxygen atoms in total. The number of hydrogen-bond donors (Lipinski definition) is 1. The Labute approximate surface area is 212 Å². The zero-order valence-corrected chi connectivity index (χ0v) is 22.1. The van der Waals surface area contributed by atoms with Crippen LogP contribution in [0.5, 0.6) is 5.75 Å². The second-order valence-corrected chi connectivity index (χ2v) is 10.2. The number of rotatable bonds is 5. The third-order valence-corrected chi connectivity index (χ3v) is 7.18. The fourth-order valence-corrected chi connectivity index (χ4v) is 5.59. The Hall–Kier alpha value is -3.19. The Kier molecular flexibility index (Phi) is 6.73. The molecule has 2 aliphatic heterocycles. The van der Waals surface area contributed by atoms with Crippen molar-refractivity contribution in [3.63, 3.8) is 0 Å². The molecule has 0 bridgehead atoms. The molecule has 0 radical (unpaired) electrons. The summed E-state index contributed by atoms with van der Waals surface area (Å²) in [4.78, 5) is 30.1. The summed E-state index contributed by atoms with van der Waals surface area (Å²) in [5, 5.41) is 2.74. The number of ether oxygens (including phenoxy) is 1. The monoisotopic (exact) mass is 491 g/mol. The van der Waals surface area contributed by atoms with Crippen molar-refractivity contribution < 1.29 is 14.3 Å². The van der Waals surface area contributed by atoms with Gasteiger partial charge in [-0.05, 0) is 118 Å². The van der Waals surface area contributed by atoms with Crippen molar-refractivity contribution in [3.05, 3.63) is 58.7 Å². The van der Waals surface area contributed by atoms with Crippen molar-refractivity contribution >= 4 is 46.6 Å². The Bertz CT molecular complexity index is 1220. The first-order valence-electron chi connectivity index (χ1n) is 12.1. The minimum Gasteiger partial charge on any atom is -0.494 e. The largest absolute Gasteiger partial charge is 0.494 e. The van der Waals surface area contributed by atoms with Gasteiger partial charge in [0.1, 0.15) is 11.3 Å². The molecule has 1 N–H and O–H groups in total. The van der Waals surface area contributed by atoms with Crippen molar-refractivity contribution in [2.24, 2.45) is 0 Å². The molecule has 1 unspecified atom stereocenters. The first-order valence-corrected chi connectivity index (χ1v) is 12.5. The van der Waals surface area contributed by atoms with E-state index in [1.165, 1.54) is 16.2 Å². The van der Waals surface area contributed by atoms with Gasteiger partial charge < -0.3 is 9.64 Å². The number of carbonyl (C=O) groups is 2. The van der Waals surface area contributed by atoms with Gasteiger partial charge in [0.15, 0.2) is 5.11 Å². The fraction of sp³-hybridized carbons (Fsp3) is 0.393. The molecule has 2 aromatic rings. The highest BCUT2D eigenvalue weighted by Gasteiger charge is 2.37. The molecule has 2 aromatic carbocycles. The van der Waals surface area contributed by atoms with Crippen molar-refractivity contribution in [2.75, 3.05) is 23.0 Å². The van der Waals surface area contributed by atoms with Crippen LogP contribution < -0.4 is 19.9 Å². The maximum Gasteiger partial charge on any atom is 0.270 e. The quantitative estimate of drug-likeness (QED) is 0.348. The van der Waals surface area contributed by atoms with Gasteiger partial charge >= 0.3 is 0 Å². The van der Waals surface area contributed by atoms with Gasteiger partial charge in [-0.3, -0.25) is 19.8 Å². The van der Waals surface area contributed by atoms with Crippen LogP contribution in [0.1, 0.15) is 63.6 Å². The summed E-state index contributed by atoms with van der Waals surface area (Å²) in [7, 11) is 0. The second-order valence-electron chi connectivity index (χ2n) is 9.81. The van der Waals surface area contributed by atoms with E-state index in [-0.39, 0.29) is 16.2 Å². The number of hydrogen-bond acceptors (Lipinski definition) is 5. The molecule has 0 aliphatic carbocycles. The zero-order valence-electron chi connectivity index (χ0n) is 21.3. The molecule has 0 saturated carbocycles. The normalized spacial score (nSPS) is 20.7. The van der Waals surface area contributed by atoms with E-state index in [1.54, 1.807) is 30.3 Å². The fourth-order valence-electron chi connectivity index (χ4n) is 5.31. The van der Waals surface area contributed by atoms with Crippen LogP contribution in [0.2, 0.25) is 0 Å². The van der Waals surface area contributed by atoms with E-state index in [0.29, 0.717) is 24.0 Å². The molecule has 7 heteroatoms. The molecule has 0 spiro atoms. The highest BCUT2D eigenvalue weighted by Crippen LogP contribution is 2.44. The molecule has 2 aliphatic rings. The standard InChI is InChI=1S/C28H33N3O3S/c1-7-30-24-13-17(3)19(14-22(24)18(4)16-28(30,5)6)15-23-25(32)29-27(35)31(26(23)33)20-9-11-21(12-10-20)34-8-2/h9-15,18H,7-8,16H2,1-6H3,(H,29,32,35)/b23-15-. The van der Waals surface area contributed by atoms with Gasteiger partial charge in [-0.1, -0.05) is 6.92 Å². The molecule has 184 valence electrons. The summed E-state index contributed by atoms with van der Waals surface area (Å²) in [6, 6.07) is 11.4. The Morgan fingerprint density at radius 2 is 1.86 bits per heavy atom. The molecule has 1 fully saturated rings. The second kappa shape index (κ2) is 9.46. The highest BCUT2D eigenvalue weighted by atomic mass is 32.1. The number of nitrogens with one attached hydrogen (secondary N) is 1. The van der Waals surface area contributed by atoms with E-state index in [2.05, 4.69) is 50.0 Å². The Balaban J connectivity index is 1.73. The minimum absolute atomic E-state index is 0.0617. The van der Waals surface area contributed by atoms with Gasteiger partial charge in [-0.2, -0.15) is 0 Å². The lowest BCUT2D eigenvalue weighted by atomic mass is 9.79. The molecule has 2 amide bonds. The van der Waals surface area contributed by atoms with Crippen LogP contribution in [0.15, 0.2) is 42.0 Å². The van der Waals surface area contributed by atoms with Gasteiger partial charge in [0.25, 0.3) is 11.8 Å². The number of fused-ring (bicyclic) bond motifs is 1. The maximum atomic E-state index is 13.5. The number of aryl methyl sites for hydroxylation is 1. The van der Waals surface area contributed by atoms with Gasteiger partial charge in [-0.15, -0.1) is 0 Å². The zero-order chi connectivity index (χ0) is 25.5. The van der Waals surface area contributed by atoms with Crippen LogP contribution in [-0.4, -0.2) is 35.6 Å². The average Bonchev–Trinajstić information content (AvgIpc) is 2.78. The van der Waals surface area contributed by atoms with E-state index in [0.717, 1.165) is 24.1 Å². The maximum absolute atomic E-state index is 13.5. The summed E-state index contributed by atoms with van der Waals surface area (Å²) in [5.74, 6) is 0.145. The first kappa shape index (κ1) is 24.9. The first-order chi connectivity index (χ1) is 16.6.